The quantitative estimate of drug-likeness (QED) is 0.276. The van der Waals surface area contributed by atoms with E-state index in [4.69, 9.17) is 20.8 Å². The summed E-state index contributed by atoms with van der Waals surface area (Å²) in [5.41, 5.74) is 3.95. The first-order valence-electron chi connectivity index (χ1n) is 10.3. The number of fused-ring (bicyclic) bond motifs is 1. The van der Waals surface area contributed by atoms with E-state index in [1.165, 1.54) is 24.3 Å². The summed E-state index contributed by atoms with van der Waals surface area (Å²) in [5, 5.41) is 0.455. The van der Waals surface area contributed by atoms with Crippen LogP contribution >= 0.6 is 11.6 Å². The summed E-state index contributed by atoms with van der Waals surface area (Å²) >= 11 is 5.85. The highest BCUT2D eigenvalue weighted by atomic mass is 35.5. The number of hydrogen-bond acceptors (Lipinski definition) is 4. The molecule has 33 heavy (non-hydrogen) atoms. The summed E-state index contributed by atoms with van der Waals surface area (Å²) in [6, 6.07) is 30.9. The molecule has 5 rings (SSSR count). The van der Waals surface area contributed by atoms with Crippen molar-refractivity contribution in [1.29, 1.82) is 0 Å². The van der Waals surface area contributed by atoms with Gasteiger partial charge < -0.3 is 8.75 Å². The molecule has 0 aliphatic heterocycles. The highest BCUT2D eigenvalue weighted by molar-refractivity contribution is 7.87. The molecule has 5 nitrogen and oxygen atoms in total. The van der Waals surface area contributed by atoms with E-state index in [-0.39, 0.29) is 10.6 Å². The summed E-state index contributed by atoms with van der Waals surface area (Å²) in [4.78, 5) is 4.87. The lowest BCUT2D eigenvalue weighted by Gasteiger charge is -2.11. The van der Waals surface area contributed by atoms with Gasteiger partial charge in [-0.2, -0.15) is 8.42 Å². The van der Waals surface area contributed by atoms with Crippen LogP contribution in [0.5, 0.6) is 5.75 Å². The van der Waals surface area contributed by atoms with E-state index >= 15 is 0 Å². The van der Waals surface area contributed by atoms with Crippen LogP contribution < -0.4 is 4.18 Å². The van der Waals surface area contributed by atoms with E-state index in [0.717, 1.165) is 28.0 Å². The summed E-state index contributed by atoms with van der Waals surface area (Å²) in [5.74, 6) is 1.02. The zero-order chi connectivity index (χ0) is 22.8. The number of hydrogen-bond donors (Lipinski definition) is 0. The molecular weight excluding hydrogens is 456 g/mol. The molecule has 0 N–H and O–H groups in total. The van der Waals surface area contributed by atoms with Crippen molar-refractivity contribution in [2.45, 2.75) is 11.4 Å². The van der Waals surface area contributed by atoms with Crippen molar-refractivity contribution in [3.05, 3.63) is 114 Å². The van der Waals surface area contributed by atoms with Crippen LogP contribution in [0, 0.1) is 0 Å². The molecule has 0 aliphatic carbocycles. The molecule has 0 unspecified atom stereocenters. The topological polar surface area (TPSA) is 61.2 Å². The maximum absolute atomic E-state index is 12.6. The van der Waals surface area contributed by atoms with E-state index in [0.29, 0.717) is 11.6 Å². The van der Waals surface area contributed by atoms with Gasteiger partial charge in [-0.05, 0) is 66.2 Å². The van der Waals surface area contributed by atoms with Crippen molar-refractivity contribution in [2.24, 2.45) is 0 Å². The van der Waals surface area contributed by atoms with Crippen LogP contribution in [-0.4, -0.2) is 18.0 Å². The zero-order valence-electron chi connectivity index (χ0n) is 17.4. The lowest BCUT2D eigenvalue weighted by Crippen LogP contribution is -2.09. The van der Waals surface area contributed by atoms with Gasteiger partial charge >= 0.3 is 10.1 Å². The van der Waals surface area contributed by atoms with Gasteiger partial charge in [-0.3, -0.25) is 0 Å². The van der Waals surface area contributed by atoms with Crippen molar-refractivity contribution in [1.82, 2.24) is 9.55 Å². The molecule has 0 spiro atoms. The number of aromatic nitrogens is 2. The maximum atomic E-state index is 12.6. The fourth-order valence-corrected chi connectivity index (χ4v) is 4.71. The van der Waals surface area contributed by atoms with Crippen molar-refractivity contribution >= 4 is 32.8 Å². The predicted octanol–water partition coefficient (Wildman–Crippen LogP) is 6.17. The molecule has 0 radical (unpaired) electrons. The second-order valence-corrected chi connectivity index (χ2v) is 9.49. The lowest BCUT2D eigenvalue weighted by atomic mass is 10.2. The van der Waals surface area contributed by atoms with Crippen LogP contribution in [-0.2, 0) is 16.7 Å². The second kappa shape index (κ2) is 8.73. The van der Waals surface area contributed by atoms with Crippen molar-refractivity contribution < 1.29 is 12.6 Å². The van der Waals surface area contributed by atoms with Crippen molar-refractivity contribution in [3.63, 3.8) is 0 Å². The molecule has 0 saturated heterocycles. The molecule has 0 bridgehead atoms. The summed E-state index contributed by atoms with van der Waals surface area (Å²) in [6.07, 6.45) is 0. The standard InChI is InChI=1S/C26H19ClN2O3S/c27-21-12-16-23(17-13-21)33(30,31)32-22-14-10-20(11-15-22)26-28-24-8-4-5-9-25(24)29(26)18-19-6-2-1-3-7-19/h1-17H,18H2. The van der Waals surface area contributed by atoms with Gasteiger partial charge in [0.2, 0.25) is 0 Å². The third-order valence-corrected chi connectivity index (χ3v) is 6.77. The third-order valence-electron chi connectivity index (χ3n) is 5.26. The zero-order valence-corrected chi connectivity index (χ0v) is 19.0. The van der Waals surface area contributed by atoms with Gasteiger partial charge in [-0.15, -0.1) is 0 Å². The van der Waals surface area contributed by atoms with Crippen molar-refractivity contribution in [2.75, 3.05) is 0 Å². The molecule has 4 aromatic carbocycles. The number of imidazole rings is 1. The smallest absolute Gasteiger partial charge is 0.339 e. The molecule has 0 saturated carbocycles. The van der Waals surface area contributed by atoms with Gasteiger partial charge in [0.05, 0.1) is 11.0 Å². The number of para-hydroxylation sites is 2. The fraction of sp³-hybridized carbons (Fsp3) is 0.0385. The van der Waals surface area contributed by atoms with Gasteiger partial charge in [0.15, 0.2) is 0 Å². The molecule has 7 heteroatoms. The summed E-state index contributed by atoms with van der Waals surface area (Å²) in [7, 11) is -3.96. The highest BCUT2D eigenvalue weighted by Crippen LogP contribution is 2.28. The minimum atomic E-state index is -3.96. The Bertz CT molecular complexity index is 1510. The van der Waals surface area contributed by atoms with Crippen molar-refractivity contribution in [3.8, 4) is 17.1 Å². The van der Waals surface area contributed by atoms with Gasteiger partial charge in [-0.1, -0.05) is 54.1 Å². The van der Waals surface area contributed by atoms with E-state index in [1.807, 2.05) is 54.6 Å². The Morgan fingerprint density at radius 3 is 2.18 bits per heavy atom. The van der Waals surface area contributed by atoms with E-state index in [9.17, 15) is 8.42 Å². The Labute approximate surface area is 197 Å². The summed E-state index contributed by atoms with van der Waals surface area (Å²) in [6.45, 7) is 0.667. The average molecular weight is 475 g/mol. The molecule has 1 aromatic heterocycles. The lowest BCUT2D eigenvalue weighted by molar-refractivity contribution is 0.486. The third kappa shape index (κ3) is 4.49. The normalized spacial score (nSPS) is 11.5. The van der Waals surface area contributed by atoms with Crippen LogP contribution in [0.3, 0.4) is 0 Å². The number of nitrogens with zero attached hydrogens (tertiary/aromatic N) is 2. The summed E-state index contributed by atoms with van der Waals surface area (Å²) < 4.78 is 32.6. The molecule has 0 atom stereocenters. The first-order valence-corrected chi connectivity index (χ1v) is 12.1. The Kier molecular flexibility index (Phi) is 5.62. The minimum Gasteiger partial charge on any atom is -0.379 e. The van der Waals surface area contributed by atoms with Gasteiger partial charge in [0, 0.05) is 17.1 Å². The predicted molar refractivity (Wildman–Crippen MR) is 130 cm³/mol. The first-order chi connectivity index (χ1) is 16.0. The van der Waals surface area contributed by atoms with Crippen LogP contribution in [0.1, 0.15) is 5.56 Å². The first kappa shape index (κ1) is 21.2. The minimum absolute atomic E-state index is 0.0423. The Morgan fingerprint density at radius 1 is 0.788 bits per heavy atom. The number of halogens is 1. The molecule has 0 aliphatic rings. The monoisotopic (exact) mass is 474 g/mol. The highest BCUT2D eigenvalue weighted by Gasteiger charge is 2.17. The SMILES string of the molecule is O=S(=O)(Oc1ccc(-c2nc3ccccc3n2Cc2ccccc2)cc1)c1ccc(Cl)cc1. The van der Waals surface area contributed by atoms with E-state index in [2.05, 4.69) is 16.7 Å². The largest absolute Gasteiger partial charge is 0.379 e. The average Bonchev–Trinajstić information content (AvgIpc) is 3.19. The van der Waals surface area contributed by atoms with Crippen LogP contribution in [0.4, 0.5) is 0 Å². The van der Waals surface area contributed by atoms with E-state index < -0.39 is 10.1 Å². The Hall–Kier alpha value is -3.61. The molecule has 0 amide bonds. The maximum Gasteiger partial charge on any atom is 0.339 e. The van der Waals surface area contributed by atoms with Gasteiger partial charge in [0.25, 0.3) is 0 Å². The number of benzene rings is 4. The van der Waals surface area contributed by atoms with Gasteiger partial charge in [0.1, 0.15) is 16.5 Å². The fourth-order valence-electron chi connectivity index (χ4n) is 3.66. The van der Waals surface area contributed by atoms with Gasteiger partial charge in [-0.25, -0.2) is 4.98 Å². The molecule has 164 valence electrons. The molecular formula is C26H19ClN2O3S. The molecule has 0 fully saturated rings. The van der Waals surface area contributed by atoms with Crippen LogP contribution in [0.15, 0.2) is 108 Å². The van der Waals surface area contributed by atoms with E-state index in [1.54, 1.807) is 12.1 Å². The number of rotatable bonds is 6. The second-order valence-electron chi connectivity index (χ2n) is 7.51. The van der Waals surface area contributed by atoms with Crippen LogP contribution in [0.2, 0.25) is 5.02 Å². The molecule has 1 heterocycles. The van der Waals surface area contributed by atoms with Crippen LogP contribution in [0.25, 0.3) is 22.4 Å². The Balaban J connectivity index is 1.47. The molecule has 5 aromatic rings. The Morgan fingerprint density at radius 2 is 1.45 bits per heavy atom.